The van der Waals surface area contributed by atoms with Crippen LogP contribution in [0.15, 0.2) is 72.8 Å². The van der Waals surface area contributed by atoms with Crippen LogP contribution < -0.4 is 10.4 Å². The van der Waals surface area contributed by atoms with E-state index in [1.807, 2.05) is 30.3 Å². The van der Waals surface area contributed by atoms with Crippen molar-refractivity contribution in [3.8, 4) is 0 Å². The molecule has 0 aromatic heterocycles. The molecule has 6 heteroatoms. The van der Waals surface area contributed by atoms with Gasteiger partial charge in [0.2, 0.25) is 0 Å². The molecule has 2 amide bonds. The van der Waals surface area contributed by atoms with Crippen molar-refractivity contribution in [1.29, 1.82) is 0 Å². The summed E-state index contributed by atoms with van der Waals surface area (Å²) in [5.41, 5.74) is 5.26. The van der Waals surface area contributed by atoms with Gasteiger partial charge in [0.05, 0.1) is 0 Å². The smallest absolute Gasteiger partial charge is 0.274 e. The highest BCUT2D eigenvalue weighted by atomic mass is 19.1. The van der Waals surface area contributed by atoms with Gasteiger partial charge in [0.1, 0.15) is 5.82 Å². The molecule has 0 aliphatic carbocycles. The third-order valence-corrected chi connectivity index (χ3v) is 5.12. The van der Waals surface area contributed by atoms with Gasteiger partial charge in [-0.05, 0) is 53.5 Å². The Kier molecular flexibility index (Phi) is 5.41. The molecule has 0 unspecified atom stereocenters. The van der Waals surface area contributed by atoms with Gasteiger partial charge in [-0.15, -0.1) is 0 Å². The maximum absolute atomic E-state index is 13.6. The van der Waals surface area contributed by atoms with Crippen molar-refractivity contribution in [1.82, 2.24) is 5.48 Å². The van der Waals surface area contributed by atoms with Crippen molar-refractivity contribution in [2.75, 3.05) is 11.4 Å². The van der Waals surface area contributed by atoms with E-state index in [0.29, 0.717) is 40.9 Å². The summed E-state index contributed by atoms with van der Waals surface area (Å²) >= 11 is 0. The van der Waals surface area contributed by atoms with E-state index in [1.54, 1.807) is 46.8 Å². The summed E-state index contributed by atoms with van der Waals surface area (Å²) in [5, 5.41) is 9.00. The van der Waals surface area contributed by atoms with Crippen LogP contribution in [0.25, 0.3) is 11.6 Å². The van der Waals surface area contributed by atoms with E-state index < -0.39 is 5.91 Å². The SMILES string of the molecule is O=C(NO)c1cccc2c1CCN2C(=O)/C(=C/c1ccc(F)cc1)c1ccccc1. The molecule has 0 fully saturated rings. The lowest BCUT2D eigenvalue weighted by Crippen LogP contribution is -2.29. The minimum absolute atomic E-state index is 0.217. The first-order valence-electron chi connectivity index (χ1n) is 9.49. The van der Waals surface area contributed by atoms with Gasteiger partial charge in [0.25, 0.3) is 11.8 Å². The van der Waals surface area contributed by atoms with Crippen LogP contribution in [0.5, 0.6) is 0 Å². The first kappa shape index (κ1) is 19.5. The molecule has 0 saturated carbocycles. The molecule has 0 spiro atoms. The summed E-state index contributed by atoms with van der Waals surface area (Å²) in [5.74, 6) is -1.17. The first-order valence-corrected chi connectivity index (χ1v) is 9.49. The van der Waals surface area contributed by atoms with Crippen LogP contribution in [0.3, 0.4) is 0 Å². The standard InChI is InChI=1S/C24H19FN2O3/c25-18-11-9-16(10-12-18)15-21(17-5-2-1-3-6-17)24(29)27-14-13-19-20(23(28)26-30)7-4-8-22(19)27/h1-12,15,30H,13-14H2,(H,26,28)/b21-15+. The Bertz CT molecular complexity index is 1120. The fraction of sp³-hybridized carbons (Fsp3) is 0.0833. The lowest BCUT2D eigenvalue weighted by Gasteiger charge is -2.20. The molecular formula is C24H19FN2O3. The molecule has 2 N–H and O–H groups in total. The molecule has 5 nitrogen and oxygen atoms in total. The van der Waals surface area contributed by atoms with Gasteiger partial charge in [-0.3, -0.25) is 14.8 Å². The average Bonchev–Trinajstić information content (AvgIpc) is 3.22. The number of halogens is 1. The fourth-order valence-electron chi connectivity index (χ4n) is 3.68. The van der Waals surface area contributed by atoms with Gasteiger partial charge in [-0.25, -0.2) is 9.87 Å². The molecule has 3 aromatic rings. The van der Waals surface area contributed by atoms with Gasteiger partial charge < -0.3 is 4.90 Å². The number of hydroxylamine groups is 1. The third-order valence-electron chi connectivity index (χ3n) is 5.12. The molecule has 3 aromatic carbocycles. The van der Waals surface area contributed by atoms with Crippen LogP contribution in [0.2, 0.25) is 0 Å². The lowest BCUT2D eigenvalue weighted by atomic mass is 10.0. The number of carbonyl (C=O) groups excluding carboxylic acids is 2. The monoisotopic (exact) mass is 402 g/mol. The quantitative estimate of drug-likeness (QED) is 0.299. The van der Waals surface area contributed by atoms with E-state index in [1.165, 1.54) is 12.1 Å². The first-order chi connectivity index (χ1) is 14.6. The molecule has 0 saturated heterocycles. The lowest BCUT2D eigenvalue weighted by molar-refractivity contribution is -0.113. The number of nitrogens with one attached hydrogen (secondary N) is 1. The Labute approximate surface area is 173 Å². The van der Waals surface area contributed by atoms with Crippen LogP contribution in [0.4, 0.5) is 10.1 Å². The molecule has 0 bridgehead atoms. The molecule has 30 heavy (non-hydrogen) atoms. The highest BCUT2D eigenvalue weighted by Gasteiger charge is 2.30. The predicted octanol–water partition coefficient (Wildman–Crippen LogP) is 4.07. The van der Waals surface area contributed by atoms with E-state index in [4.69, 9.17) is 5.21 Å². The van der Waals surface area contributed by atoms with Crippen LogP contribution in [0, 0.1) is 5.82 Å². The van der Waals surface area contributed by atoms with E-state index in [2.05, 4.69) is 0 Å². The van der Waals surface area contributed by atoms with Crippen molar-refractivity contribution in [2.45, 2.75) is 6.42 Å². The zero-order valence-corrected chi connectivity index (χ0v) is 16.0. The molecule has 1 aliphatic heterocycles. The van der Waals surface area contributed by atoms with Crippen molar-refractivity contribution in [3.63, 3.8) is 0 Å². The second kappa shape index (κ2) is 8.31. The average molecular weight is 402 g/mol. The van der Waals surface area contributed by atoms with E-state index in [-0.39, 0.29) is 11.7 Å². The summed E-state index contributed by atoms with van der Waals surface area (Å²) in [7, 11) is 0. The highest BCUT2D eigenvalue weighted by Crippen LogP contribution is 2.33. The largest absolute Gasteiger partial charge is 0.308 e. The van der Waals surface area contributed by atoms with Crippen LogP contribution in [0.1, 0.15) is 27.0 Å². The minimum atomic E-state index is -0.605. The zero-order valence-electron chi connectivity index (χ0n) is 16.0. The molecule has 150 valence electrons. The van der Waals surface area contributed by atoms with Crippen LogP contribution in [-0.4, -0.2) is 23.6 Å². The Morgan fingerprint density at radius 1 is 0.967 bits per heavy atom. The van der Waals surface area contributed by atoms with Gasteiger partial charge in [0, 0.05) is 23.4 Å². The third kappa shape index (κ3) is 3.73. The molecular weight excluding hydrogens is 383 g/mol. The van der Waals surface area contributed by atoms with Gasteiger partial charge >= 0.3 is 0 Å². The van der Waals surface area contributed by atoms with E-state index in [9.17, 15) is 14.0 Å². The number of benzene rings is 3. The second-order valence-electron chi connectivity index (χ2n) is 6.93. The molecule has 1 aliphatic rings. The number of fused-ring (bicyclic) bond motifs is 1. The number of hydrogen-bond donors (Lipinski definition) is 2. The number of carbonyl (C=O) groups is 2. The Morgan fingerprint density at radius 3 is 2.40 bits per heavy atom. The number of nitrogens with zero attached hydrogens (tertiary/aromatic N) is 1. The van der Waals surface area contributed by atoms with E-state index in [0.717, 1.165) is 5.56 Å². The predicted molar refractivity (Wildman–Crippen MR) is 112 cm³/mol. The molecule has 0 atom stereocenters. The van der Waals surface area contributed by atoms with Crippen molar-refractivity contribution >= 4 is 29.2 Å². The number of anilines is 1. The van der Waals surface area contributed by atoms with Crippen molar-refractivity contribution in [3.05, 3.63) is 101 Å². The summed E-state index contributed by atoms with van der Waals surface area (Å²) in [4.78, 5) is 27.2. The number of hydrogen-bond acceptors (Lipinski definition) is 3. The maximum atomic E-state index is 13.6. The summed E-state index contributed by atoms with van der Waals surface area (Å²) in [6, 6.07) is 20.3. The Hall–Kier alpha value is -3.77. The molecule has 1 heterocycles. The highest BCUT2D eigenvalue weighted by molar-refractivity contribution is 6.30. The van der Waals surface area contributed by atoms with Gasteiger partial charge in [-0.2, -0.15) is 0 Å². The Balaban J connectivity index is 1.76. The van der Waals surface area contributed by atoms with Gasteiger partial charge in [-0.1, -0.05) is 48.5 Å². The number of rotatable bonds is 4. The Morgan fingerprint density at radius 2 is 1.70 bits per heavy atom. The van der Waals surface area contributed by atoms with Crippen LogP contribution >= 0.6 is 0 Å². The maximum Gasteiger partial charge on any atom is 0.274 e. The summed E-state index contributed by atoms with van der Waals surface area (Å²) < 4.78 is 13.3. The fourth-order valence-corrected chi connectivity index (χ4v) is 3.68. The van der Waals surface area contributed by atoms with Crippen molar-refractivity contribution in [2.24, 2.45) is 0 Å². The topological polar surface area (TPSA) is 69.6 Å². The summed E-state index contributed by atoms with van der Waals surface area (Å²) in [6.45, 7) is 0.414. The zero-order chi connectivity index (χ0) is 21.1. The van der Waals surface area contributed by atoms with E-state index >= 15 is 0 Å². The normalized spacial score (nSPS) is 13.1. The summed E-state index contributed by atoms with van der Waals surface area (Å²) in [6.07, 6.45) is 2.24. The molecule has 0 radical (unpaired) electrons. The molecule has 4 rings (SSSR count). The van der Waals surface area contributed by atoms with Gasteiger partial charge in [0.15, 0.2) is 0 Å². The van der Waals surface area contributed by atoms with Crippen molar-refractivity contribution < 1.29 is 19.2 Å². The minimum Gasteiger partial charge on any atom is -0.308 e. The van der Waals surface area contributed by atoms with Crippen LogP contribution in [-0.2, 0) is 11.2 Å². The second-order valence-corrected chi connectivity index (χ2v) is 6.93. The number of amides is 2.